The molecule has 0 aliphatic heterocycles. The van der Waals surface area contributed by atoms with E-state index in [2.05, 4.69) is 26.6 Å². The van der Waals surface area contributed by atoms with Gasteiger partial charge in [0.25, 0.3) is 5.91 Å². The van der Waals surface area contributed by atoms with Crippen molar-refractivity contribution in [3.8, 4) is 0 Å². The van der Waals surface area contributed by atoms with E-state index in [0.717, 1.165) is 48.2 Å². The lowest BCUT2D eigenvalue weighted by Gasteiger charge is -2.29. The van der Waals surface area contributed by atoms with E-state index in [1.807, 2.05) is 64.9 Å². The number of carbonyl (C=O) groups excluding carboxylic acids is 1. The zero-order valence-electron chi connectivity index (χ0n) is 18.3. The van der Waals surface area contributed by atoms with Gasteiger partial charge < -0.3 is 5.32 Å². The summed E-state index contributed by atoms with van der Waals surface area (Å²) in [6.45, 7) is 3.31. The number of rotatable bonds is 6. The minimum atomic E-state index is -0.00209. The highest BCUT2D eigenvalue weighted by molar-refractivity contribution is 5.95. The van der Waals surface area contributed by atoms with Gasteiger partial charge in [0.15, 0.2) is 5.65 Å². The van der Waals surface area contributed by atoms with Crippen LogP contribution in [0.25, 0.3) is 5.65 Å². The molecule has 1 aromatic carbocycles. The average Bonchev–Trinajstić information content (AvgIpc) is 3.46. The summed E-state index contributed by atoms with van der Waals surface area (Å²) in [4.78, 5) is 17.3. The van der Waals surface area contributed by atoms with Gasteiger partial charge in [0.1, 0.15) is 0 Å². The van der Waals surface area contributed by atoms with Gasteiger partial charge in [0.05, 0.1) is 12.2 Å². The molecule has 1 aliphatic rings. The Morgan fingerprint density at radius 2 is 1.94 bits per heavy atom. The number of aryl methyl sites for hydroxylation is 1. The number of hydrogen-bond acceptors (Lipinski definition) is 4. The zero-order valence-corrected chi connectivity index (χ0v) is 18.3. The molecule has 0 bridgehead atoms. The van der Waals surface area contributed by atoms with Crippen molar-refractivity contribution in [1.29, 1.82) is 0 Å². The Labute approximate surface area is 187 Å². The second-order valence-electron chi connectivity index (χ2n) is 8.71. The van der Waals surface area contributed by atoms with Gasteiger partial charge >= 0.3 is 0 Å². The third-order valence-electron chi connectivity index (χ3n) is 6.48. The average molecular weight is 429 g/mol. The van der Waals surface area contributed by atoms with E-state index in [-0.39, 0.29) is 5.91 Å². The molecule has 4 aromatic rings. The molecule has 3 heterocycles. The smallest absolute Gasteiger partial charge is 0.251 e. The molecule has 1 amide bonds. The molecule has 7 nitrogen and oxygen atoms in total. The molecule has 3 aromatic heterocycles. The van der Waals surface area contributed by atoms with Crippen LogP contribution in [-0.4, -0.2) is 36.8 Å². The third kappa shape index (κ3) is 4.28. The number of fused-ring (bicyclic) bond motifs is 1. The highest BCUT2D eigenvalue weighted by atomic mass is 16.1. The van der Waals surface area contributed by atoms with Gasteiger partial charge in [-0.05, 0) is 62.3 Å². The Morgan fingerprint density at radius 1 is 1.09 bits per heavy atom. The second-order valence-corrected chi connectivity index (χ2v) is 8.71. The van der Waals surface area contributed by atoms with Crippen LogP contribution in [0.4, 0.5) is 0 Å². The Morgan fingerprint density at radius 3 is 2.75 bits per heavy atom. The molecule has 0 saturated heterocycles. The van der Waals surface area contributed by atoms with E-state index in [1.54, 1.807) is 6.20 Å². The molecule has 0 unspecified atom stereocenters. The number of amides is 1. The van der Waals surface area contributed by atoms with Crippen LogP contribution in [0.3, 0.4) is 0 Å². The number of nitrogens with zero attached hydrogens (tertiary/aromatic N) is 5. The van der Waals surface area contributed by atoms with Gasteiger partial charge in [-0.1, -0.05) is 18.2 Å². The fourth-order valence-electron chi connectivity index (χ4n) is 4.78. The molecule has 5 rings (SSSR count). The molecule has 0 atom stereocenters. The van der Waals surface area contributed by atoms with Crippen LogP contribution >= 0.6 is 0 Å². The predicted octanol–water partition coefficient (Wildman–Crippen LogP) is 3.99. The molecule has 0 spiro atoms. The SMILES string of the molecule is Cc1cc2nccc(C3CCC(CNC(=O)c4ccccc4Cn4cccn4)CC3)n2n1. The highest BCUT2D eigenvalue weighted by Crippen LogP contribution is 2.35. The minimum Gasteiger partial charge on any atom is -0.352 e. The van der Waals surface area contributed by atoms with Crippen molar-refractivity contribution in [3.05, 3.63) is 83.6 Å². The Bertz CT molecular complexity index is 1200. The van der Waals surface area contributed by atoms with Crippen molar-refractivity contribution >= 4 is 11.6 Å². The van der Waals surface area contributed by atoms with Crippen LogP contribution in [0.15, 0.2) is 61.1 Å². The Balaban J connectivity index is 1.18. The Hall–Kier alpha value is -3.48. The van der Waals surface area contributed by atoms with Crippen molar-refractivity contribution < 1.29 is 4.79 Å². The van der Waals surface area contributed by atoms with Crippen molar-refractivity contribution in [2.24, 2.45) is 5.92 Å². The van der Waals surface area contributed by atoms with Crippen LogP contribution in [0.5, 0.6) is 0 Å². The van der Waals surface area contributed by atoms with Crippen LogP contribution in [-0.2, 0) is 6.54 Å². The normalized spacial score (nSPS) is 18.7. The summed E-state index contributed by atoms with van der Waals surface area (Å²) in [5, 5.41) is 12.1. The molecule has 1 aliphatic carbocycles. The minimum absolute atomic E-state index is 0.00209. The van der Waals surface area contributed by atoms with Gasteiger partial charge in [0.2, 0.25) is 0 Å². The first-order valence-corrected chi connectivity index (χ1v) is 11.3. The maximum Gasteiger partial charge on any atom is 0.251 e. The van der Waals surface area contributed by atoms with Gasteiger partial charge in [0, 0.05) is 48.4 Å². The Kier molecular flexibility index (Phi) is 5.71. The molecule has 1 fully saturated rings. The summed E-state index contributed by atoms with van der Waals surface area (Å²) >= 11 is 0. The second kappa shape index (κ2) is 8.94. The fraction of sp³-hybridized carbons (Fsp3) is 0.360. The molecule has 1 saturated carbocycles. The summed E-state index contributed by atoms with van der Waals surface area (Å²) in [6, 6.07) is 13.8. The maximum absolute atomic E-state index is 12.9. The summed E-state index contributed by atoms with van der Waals surface area (Å²) in [6.07, 6.45) is 9.97. The van der Waals surface area contributed by atoms with E-state index in [0.29, 0.717) is 24.9 Å². The standard InChI is InChI=1S/C25H28N6O/c1-18-15-24-26-13-11-23(31(24)29-18)20-9-7-19(8-10-20)16-27-25(32)22-6-3-2-5-21(22)17-30-14-4-12-28-30/h2-6,11-15,19-20H,7-10,16-17H2,1H3,(H,27,32). The van der Waals surface area contributed by atoms with Crippen molar-refractivity contribution in [1.82, 2.24) is 29.7 Å². The molecule has 164 valence electrons. The topological polar surface area (TPSA) is 77.1 Å². The van der Waals surface area contributed by atoms with Crippen molar-refractivity contribution in [2.45, 2.75) is 45.1 Å². The summed E-state index contributed by atoms with van der Waals surface area (Å²) in [7, 11) is 0. The number of benzene rings is 1. The molecular formula is C25H28N6O. The summed E-state index contributed by atoms with van der Waals surface area (Å²) in [5.41, 5.74) is 4.87. The van der Waals surface area contributed by atoms with E-state index in [9.17, 15) is 4.79 Å². The van der Waals surface area contributed by atoms with Crippen LogP contribution in [0.1, 0.15) is 58.9 Å². The molecule has 0 radical (unpaired) electrons. The fourth-order valence-corrected chi connectivity index (χ4v) is 4.78. The molecule has 7 heteroatoms. The largest absolute Gasteiger partial charge is 0.352 e. The molecular weight excluding hydrogens is 400 g/mol. The number of nitrogens with one attached hydrogen (secondary N) is 1. The van der Waals surface area contributed by atoms with E-state index in [4.69, 9.17) is 0 Å². The van der Waals surface area contributed by atoms with Crippen molar-refractivity contribution in [3.63, 3.8) is 0 Å². The molecule has 32 heavy (non-hydrogen) atoms. The van der Waals surface area contributed by atoms with E-state index in [1.165, 1.54) is 5.69 Å². The van der Waals surface area contributed by atoms with E-state index < -0.39 is 0 Å². The lowest BCUT2D eigenvalue weighted by Crippen LogP contribution is -2.32. The zero-order chi connectivity index (χ0) is 21.9. The first-order chi connectivity index (χ1) is 15.7. The summed E-state index contributed by atoms with van der Waals surface area (Å²) in [5.74, 6) is 0.990. The molecule has 1 N–H and O–H groups in total. The van der Waals surface area contributed by atoms with Crippen molar-refractivity contribution in [2.75, 3.05) is 6.54 Å². The van der Waals surface area contributed by atoms with Gasteiger partial charge in [-0.15, -0.1) is 0 Å². The quantitative estimate of drug-likeness (QED) is 0.504. The highest BCUT2D eigenvalue weighted by Gasteiger charge is 2.25. The monoisotopic (exact) mass is 428 g/mol. The van der Waals surface area contributed by atoms with Gasteiger partial charge in [-0.2, -0.15) is 10.2 Å². The van der Waals surface area contributed by atoms with Crippen LogP contribution < -0.4 is 5.32 Å². The first kappa shape index (κ1) is 20.4. The maximum atomic E-state index is 12.9. The third-order valence-corrected chi connectivity index (χ3v) is 6.48. The lowest BCUT2D eigenvalue weighted by atomic mass is 9.80. The number of aromatic nitrogens is 5. The number of hydrogen-bond donors (Lipinski definition) is 1. The van der Waals surface area contributed by atoms with Crippen LogP contribution in [0, 0.1) is 12.8 Å². The predicted molar refractivity (Wildman–Crippen MR) is 123 cm³/mol. The van der Waals surface area contributed by atoms with E-state index >= 15 is 0 Å². The lowest BCUT2D eigenvalue weighted by molar-refractivity contribution is 0.0941. The summed E-state index contributed by atoms with van der Waals surface area (Å²) < 4.78 is 3.84. The van der Waals surface area contributed by atoms with Gasteiger partial charge in [-0.3, -0.25) is 9.48 Å². The van der Waals surface area contributed by atoms with Crippen LogP contribution in [0.2, 0.25) is 0 Å². The first-order valence-electron chi connectivity index (χ1n) is 11.3. The number of carbonyl (C=O) groups is 1. The van der Waals surface area contributed by atoms with Gasteiger partial charge in [-0.25, -0.2) is 9.50 Å².